The van der Waals surface area contributed by atoms with Crippen LogP contribution < -0.4 is 10.2 Å². The Kier molecular flexibility index (Phi) is 5.19. The molecule has 0 aliphatic carbocycles. The first-order valence-electron chi connectivity index (χ1n) is 6.76. The number of hydrogen-bond acceptors (Lipinski definition) is 3. The van der Waals surface area contributed by atoms with Gasteiger partial charge in [0.15, 0.2) is 0 Å². The van der Waals surface area contributed by atoms with Gasteiger partial charge in [0.2, 0.25) is 11.8 Å². The Labute approximate surface area is 127 Å². The van der Waals surface area contributed by atoms with E-state index in [9.17, 15) is 14.0 Å². The summed E-state index contributed by atoms with van der Waals surface area (Å²) in [7, 11) is 0. The first kappa shape index (κ1) is 15.6. The van der Waals surface area contributed by atoms with Crippen LogP contribution in [0.3, 0.4) is 0 Å². The summed E-state index contributed by atoms with van der Waals surface area (Å²) in [6.45, 7) is 1.35. The summed E-state index contributed by atoms with van der Waals surface area (Å²) in [4.78, 5) is 28.7. The summed E-state index contributed by atoms with van der Waals surface area (Å²) < 4.78 is 13.8. The molecule has 1 heterocycles. The summed E-state index contributed by atoms with van der Waals surface area (Å²) in [5, 5.41) is 2.68. The van der Waals surface area contributed by atoms with Gasteiger partial charge in [-0.3, -0.25) is 14.6 Å². The minimum Gasteiger partial charge on any atom is -0.350 e. The zero-order valence-electron chi connectivity index (χ0n) is 12.1. The van der Waals surface area contributed by atoms with Crippen LogP contribution in [-0.4, -0.2) is 23.3 Å². The number of amides is 2. The van der Waals surface area contributed by atoms with Crippen LogP contribution in [0.2, 0.25) is 0 Å². The average Bonchev–Trinajstić information content (AvgIpc) is 2.52. The summed E-state index contributed by atoms with van der Waals surface area (Å²) in [5.74, 6) is -1.32. The lowest BCUT2D eigenvalue weighted by atomic mass is 10.2. The van der Waals surface area contributed by atoms with Crippen molar-refractivity contribution in [2.24, 2.45) is 0 Å². The fourth-order valence-electron chi connectivity index (χ4n) is 1.94. The maximum absolute atomic E-state index is 13.8. The van der Waals surface area contributed by atoms with E-state index in [4.69, 9.17) is 0 Å². The van der Waals surface area contributed by atoms with Crippen molar-refractivity contribution in [2.45, 2.75) is 13.5 Å². The molecule has 0 saturated heterocycles. The van der Waals surface area contributed by atoms with Gasteiger partial charge in [0.05, 0.1) is 5.69 Å². The first-order valence-corrected chi connectivity index (χ1v) is 6.76. The molecule has 1 N–H and O–H groups in total. The molecular formula is C16H16FN3O2. The minimum absolute atomic E-state index is 0.0894. The smallest absolute Gasteiger partial charge is 0.240 e. The molecule has 0 radical (unpaired) electrons. The lowest BCUT2D eigenvalue weighted by Gasteiger charge is -2.21. The number of anilines is 1. The number of carbonyl (C=O) groups is 2. The number of nitrogens with one attached hydrogen (secondary N) is 1. The van der Waals surface area contributed by atoms with Gasteiger partial charge < -0.3 is 10.2 Å². The van der Waals surface area contributed by atoms with Gasteiger partial charge in [0.25, 0.3) is 0 Å². The third-order valence-corrected chi connectivity index (χ3v) is 3.04. The maximum atomic E-state index is 13.8. The van der Waals surface area contributed by atoms with Crippen LogP contribution in [0.1, 0.15) is 12.5 Å². The molecule has 0 aliphatic heterocycles. The Balaban J connectivity index is 2.01. The Morgan fingerprint density at radius 3 is 2.64 bits per heavy atom. The van der Waals surface area contributed by atoms with Gasteiger partial charge in [0, 0.05) is 25.9 Å². The molecule has 0 saturated carbocycles. The minimum atomic E-state index is -0.544. The Morgan fingerprint density at radius 2 is 2.00 bits per heavy atom. The van der Waals surface area contributed by atoms with Crippen molar-refractivity contribution in [1.82, 2.24) is 10.3 Å². The second-order valence-electron chi connectivity index (χ2n) is 4.69. The molecule has 0 aliphatic rings. The number of aromatic nitrogens is 1. The number of rotatable bonds is 5. The van der Waals surface area contributed by atoms with Gasteiger partial charge >= 0.3 is 0 Å². The molecule has 0 bridgehead atoms. The number of benzene rings is 1. The summed E-state index contributed by atoms with van der Waals surface area (Å²) in [5.41, 5.74) is 0.933. The predicted octanol–water partition coefficient (Wildman–Crippen LogP) is 1.89. The SMILES string of the molecule is CC(=O)N(CC(=O)NCc1cccnc1)c1ccccc1F. The fraction of sp³-hybridized carbons (Fsp3) is 0.188. The van der Waals surface area contributed by atoms with Crippen LogP contribution in [0.25, 0.3) is 0 Å². The monoisotopic (exact) mass is 301 g/mol. The lowest BCUT2D eigenvalue weighted by Crippen LogP contribution is -2.40. The van der Waals surface area contributed by atoms with Gasteiger partial charge in [-0.05, 0) is 23.8 Å². The highest BCUT2D eigenvalue weighted by atomic mass is 19.1. The molecule has 2 rings (SSSR count). The Bertz CT molecular complexity index is 661. The molecule has 0 fully saturated rings. The van der Waals surface area contributed by atoms with E-state index >= 15 is 0 Å². The van der Waals surface area contributed by atoms with E-state index in [1.165, 1.54) is 25.1 Å². The van der Waals surface area contributed by atoms with Crippen LogP contribution >= 0.6 is 0 Å². The topological polar surface area (TPSA) is 62.3 Å². The van der Waals surface area contributed by atoms with Gasteiger partial charge in [-0.25, -0.2) is 4.39 Å². The molecule has 1 aromatic carbocycles. The normalized spacial score (nSPS) is 10.1. The number of halogens is 1. The number of hydrogen-bond donors (Lipinski definition) is 1. The first-order chi connectivity index (χ1) is 10.6. The van der Waals surface area contributed by atoms with Crippen LogP contribution in [0.4, 0.5) is 10.1 Å². The molecular weight excluding hydrogens is 285 g/mol. The Hall–Kier alpha value is -2.76. The molecule has 0 spiro atoms. The quantitative estimate of drug-likeness (QED) is 0.917. The van der Waals surface area contributed by atoms with Gasteiger partial charge in [-0.2, -0.15) is 0 Å². The maximum Gasteiger partial charge on any atom is 0.240 e. The molecule has 2 amide bonds. The number of carbonyl (C=O) groups excluding carboxylic acids is 2. The van der Waals surface area contributed by atoms with E-state index in [-0.39, 0.29) is 18.1 Å². The number of nitrogens with zero attached hydrogens (tertiary/aromatic N) is 2. The number of para-hydroxylation sites is 1. The average molecular weight is 301 g/mol. The van der Waals surface area contributed by atoms with E-state index in [0.717, 1.165) is 10.5 Å². The molecule has 1 aromatic heterocycles. The third kappa shape index (κ3) is 4.12. The summed E-state index contributed by atoms with van der Waals surface area (Å²) in [6.07, 6.45) is 3.28. The number of pyridine rings is 1. The largest absolute Gasteiger partial charge is 0.350 e. The van der Waals surface area contributed by atoms with Gasteiger partial charge in [-0.1, -0.05) is 18.2 Å². The molecule has 6 heteroatoms. The van der Waals surface area contributed by atoms with E-state index in [0.29, 0.717) is 6.54 Å². The highest BCUT2D eigenvalue weighted by molar-refractivity contribution is 5.97. The predicted molar refractivity (Wildman–Crippen MR) is 80.5 cm³/mol. The molecule has 0 unspecified atom stereocenters. The Morgan fingerprint density at radius 1 is 1.23 bits per heavy atom. The van der Waals surface area contributed by atoms with E-state index in [1.807, 2.05) is 6.07 Å². The molecule has 2 aromatic rings. The van der Waals surface area contributed by atoms with Gasteiger partial charge in [0.1, 0.15) is 12.4 Å². The lowest BCUT2D eigenvalue weighted by molar-refractivity contribution is -0.123. The van der Waals surface area contributed by atoms with Crippen molar-refractivity contribution >= 4 is 17.5 Å². The summed E-state index contributed by atoms with van der Waals surface area (Å²) in [6, 6.07) is 9.45. The van der Waals surface area contributed by atoms with Crippen LogP contribution in [0.5, 0.6) is 0 Å². The fourth-order valence-corrected chi connectivity index (χ4v) is 1.94. The van der Waals surface area contributed by atoms with E-state index < -0.39 is 11.7 Å². The zero-order chi connectivity index (χ0) is 15.9. The third-order valence-electron chi connectivity index (χ3n) is 3.04. The standard InChI is InChI=1S/C16H16FN3O2/c1-12(21)20(15-7-3-2-6-14(15)17)11-16(22)19-10-13-5-4-8-18-9-13/h2-9H,10-11H2,1H3,(H,19,22). The van der Waals surface area contributed by atoms with Gasteiger partial charge in [-0.15, -0.1) is 0 Å². The van der Waals surface area contributed by atoms with Crippen LogP contribution in [0.15, 0.2) is 48.8 Å². The highest BCUT2D eigenvalue weighted by Crippen LogP contribution is 2.18. The van der Waals surface area contributed by atoms with Crippen molar-refractivity contribution in [1.29, 1.82) is 0 Å². The molecule has 114 valence electrons. The van der Waals surface area contributed by atoms with Crippen LogP contribution in [-0.2, 0) is 16.1 Å². The summed E-state index contributed by atoms with van der Waals surface area (Å²) >= 11 is 0. The second kappa shape index (κ2) is 7.31. The van der Waals surface area contributed by atoms with E-state index in [2.05, 4.69) is 10.3 Å². The van der Waals surface area contributed by atoms with Crippen molar-refractivity contribution in [3.05, 3.63) is 60.2 Å². The molecule has 22 heavy (non-hydrogen) atoms. The zero-order valence-corrected chi connectivity index (χ0v) is 12.1. The van der Waals surface area contributed by atoms with E-state index in [1.54, 1.807) is 24.5 Å². The van der Waals surface area contributed by atoms with Crippen molar-refractivity contribution in [3.63, 3.8) is 0 Å². The molecule has 0 atom stereocenters. The van der Waals surface area contributed by atoms with Crippen molar-refractivity contribution in [3.8, 4) is 0 Å². The second-order valence-corrected chi connectivity index (χ2v) is 4.69. The van der Waals surface area contributed by atoms with Crippen molar-refractivity contribution in [2.75, 3.05) is 11.4 Å². The molecule has 5 nitrogen and oxygen atoms in total. The van der Waals surface area contributed by atoms with Crippen molar-refractivity contribution < 1.29 is 14.0 Å². The van der Waals surface area contributed by atoms with Crippen LogP contribution in [0, 0.1) is 5.82 Å². The highest BCUT2D eigenvalue weighted by Gasteiger charge is 2.18.